The standard InChI is InChI=1S/C12H16F2N2O/c13-12(14)9-1-2-10(11(17)5-9)16-7-8-3-4-15-6-8/h1-2,5,8,12,15-17H,3-4,6-7H2. The van der Waals surface area contributed by atoms with Crippen molar-refractivity contribution in [3.63, 3.8) is 0 Å². The summed E-state index contributed by atoms with van der Waals surface area (Å²) < 4.78 is 24.7. The molecule has 5 heteroatoms. The maximum absolute atomic E-state index is 12.4. The summed E-state index contributed by atoms with van der Waals surface area (Å²) in [4.78, 5) is 0. The first-order valence-electron chi connectivity index (χ1n) is 5.72. The van der Waals surface area contributed by atoms with Crippen LogP contribution in [0.5, 0.6) is 5.75 Å². The normalized spacial score (nSPS) is 19.8. The highest BCUT2D eigenvalue weighted by Gasteiger charge is 2.15. The number of hydrogen-bond acceptors (Lipinski definition) is 3. The van der Waals surface area contributed by atoms with Gasteiger partial charge in [-0.25, -0.2) is 8.78 Å². The molecular weight excluding hydrogens is 226 g/mol. The average Bonchev–Trinajstić information content (AvgIpc) is 2.80. The Balaban J connectivity index is 1.96. The molecule has 3 nitrogen and oxygen atoms in total. The van der Waals surface area contributed by atoms with E-state index in [2.05, 4.69) is 10.6 Å². The van der Waals surface area contributed by atoms with Crippen LogP contribution in [0.1, 0.15) is 18.4 Å². The van der Waals surface area contributed by atoms with E-state index in [1.54, 1.807) is 0 Å². The second-order valence-electron chi connectivity index (χ2n) is 4.32. The third-order valence-electron chi connectivity index (χ3n) is 3.02. The molecule has 1 heterocycles. The molecule has 3 N–H and O–H groups in total. The van der Waals surface area contributed by atoms with Gasteiger partial charge in [-0.15, -0.1) is 0 Å². The summed E-state index contributed by atoms with van der Waals surface area (Å²) in [5.74, 6) is 0.415. The van der Waals surface area contributed by atoms with Crippen LogP contribution < -0.4 is 10.6 Å². The van der Waals surface area contributed by atoms with E-state index in [9.17, 15) is 13.9 Å². The smallest absolute Gasteiger partial charge is 0.263 e. The van der Waals surface area contributed by atoms with Gasteiger partial charge in [0.15, 0.2) is 0 Å². The van der Waals surface area contributed by atoms with Crippen molar-refractivity contribution in [2.45, 2.75) is 12.8 Å². The van der Waals surface area contributed by atoms with E-state index in [0.29, 0.717) is 11.6 Å². The fraction of sp³-hybridized carbons (Fsp3) is 0.500. The lowest BCUT2D eigenvalue weighted by Crippen LogP contribution is -2.17. The Morgan fingerprint density at radius 2 is 2.29 bits per heavy atom. The molecule has 0 amide bonds. The molecule has 1 aliphatic rings. The van der Waals surface area contributed by atoms with Crippen LogP contribution in [-0.4, -0.2) is 24.7 Å². The molecule has 0 aliphatic carbocycles. The molecule has 17 heavy (non-hydrogen) atoms. The van der Waals surface area contributed by atoms with Crippen LogP contribution in [0.25, 0.3) is 0 Å². The minimum absolute atomic E-state index is 0.117. The molecule has 0 spiro atoms. The number of phenolic OH excluding ortho intramolecular Hbond substituents is 1. The zero-order chi connectivity index (χ0) is 12.3. The molecule has 1 aliphatic heterocycles. The Morgan fingerprint density at radius 1 is 1.47 bits per heavy atom. The molecule has 94 valence electrons. The third kappa shape index (κ3) is 3.06. The van der Waals surface area contributed by atoms with E-state index < -0.39 is 6.43 Å². The van der Waals surface area contributed by atoms with E-state index >= 15 is 0 Å². The highest BCUT2D eigenvalue weighted by molar-refractivity contribution is 5.57. The van der Waals surface area contributed by atoms with Gasteiger partial charge in [-0.3, -0.25) is 0 Å². The number of halogens is 2. The van der Waals surface area contributed by atoms with Crippen molar-refractivity contribution in [2.24, 2.45) is 5.92 Å². The first-order chi connectivity index (χ1) is 8.16. The monoisotopic (exact) mass is 242 g/mol. The summed E-state index contributed by atoms with van der Waals surface area (Å²) in [6.45, 7) is 2.72. The van der Waals surface area contributed by atoms with Gasteiger partial charge in [-0.2, -0.15) is 0 Å². The van der Waals surface area contributed by atoms with Gasteiger partial charge in [0.25, 0.3) is 6.43 Å². The molecule has 1 fully saturated rings. The zero-order valence-corrected chi connectivity index (χ0v) is 9.42. The quantitative estimate of drug-likeness (QED) is 0.710. The second kappa shape index (κ2) is 5.31. The van der Waals surface area contributed by atoms with Gasteiger partial charge >= 0.3 is 0 Å². The molecule has 2 rings (SSSR count). The number of aromatic hydroxyl groups is 1. The molecular formula is C12H16F2N2O. The van der Waals surface area contributed by atoms with Crippen molar-refractivity contribution in [1.29, 1.82) is 0 Å². The van der Waals surface area contributed by atoms with Gasteiger partial charge in [-0.05, 0) is 37.6 Å². The minimum atomic E-state index is -2.55. The number of nitrogens with one attached hydrogen (secondary N) is 2. The number of phenols is 1. The Labute approximate surface area is 98.8 Å². The molecule has 1 saturated heterocycles. The molecule has 1 atom stereocenters. The van der Waals surface area contributed by atoms with E-state index in [1.165, 1.54) is 12.1 Å². The minimum Gasteiger partial charge on any atom is -0.506 e. The summed E-state index contributed by atoms with van der Waals surface area (Å²) in [7, 11) is 0. The number of rotatable bonds is 4. The van der Waals surface area contributed by atoms with Gasteiger partial charge in [0.1, 0.15) is 5.75 Å². The molecule has 1 unspecified atom stereocenters. The van der Waals surface area contributed by atoms with Crippen LogP contribution in [0.3, 0.4) is 0 Å². The van der Waals surface area contributed by atoms with E-state index in [1.807, 2.05) is 0 Å². The lowest BCUT2D eigenvalue weighted by molar-refractivity contribution is 0.151. The molecule has 1 aromatic rings. The second-order valence-corrected chi connectivity index (χ2v) is 4.32. The lowest BCUT2D eigenvalue weighted by Gasteiger charge is -2.13. The highest BCUT2D eigenvalue weighted by atomic mass is 19.3. The summed E-state index contributed by atoms with van der Waals surface area (Å²) in [6, 6.07) is 3.94. The molecule has 0 radical (unpaired) electrons. The van der Waals surface area contributed by atoms with Crippen LogP contribution in [0.2, 0.25) is 0 Å². The van der Waals surface area contributed by atoms with Gasteiger partial charge in [0.2, 0.25) is 0 Å². The first-order valence-corrected chi connectivity index (χ1v) is 5.72. The summed E-state index contributed by atoms with van der Waals surface area (Å²) >= 11 is 0. The molecule has 0 bridgehead atoms. The van der Waals surface area contributed by atoms with E-state index in [4.69, 9.17) is 0 Å². The maximum Gasteiger partial charge on any atom is 0.263 e. The van der Waals surface area contributed by atoms with Crippen LogP contribution in [0.15, 0.2) is 18.2 Å². The Hall–Kier alpha value is -1.36. The maximum atomic E-state index is 12.4. The van der Waals surface area contributed by atoms with E-state index in [-0.39, 0.29) is 11.3 Å². The van der Waals surface area contributed by atoms with E-state index in [0.717, 1.165) is 32.1 Å². The Morgan fingerprint density at radius 3 is 2.88 bits per heavy atom. The summed E-state index contributed by atoms with van der Waals surface area (Å²) in [6.07, 6.45) is -1.45. The lowest BCUT2D eigenvalue weighted by atomic mass is 10.1. The Bertz CT molecular complexity index is 379. The van der Waals surface area contributed by atoms with Crippen LogP contribution >= 0.6 is 0 Å². The summed E-state index contributed by atoms with van der Waals surface area (Å²) in [5.41, 5.74) is 0.358. The summed E-state index contributed by atoms with van der Waals surface area (Å²) in [5, 5.41) is 15.9. The Kier molecular flexibility index (Phi) is 3.78. The first kappa shape index (κ1) is 12.1. The van der Waals surface area contributed by atoms with Crippen LogP contribution in [-0.2, 0) is 0 Å². The molecule has 0 aromatic heterocycles. The van der Waals surface area contributed by atoms with Crippen molar-refractivity contribution in [3.8, 4) is 5.75 Å². The van der Waals surface area contributed by atoms with Crippen molar-refractivity contribution in [2.75, 3.05) is 25.0 Å². The number of hydrogen-bond donors (Lipinski definition) is 3. The van der Waals surface area contributed by atoms with Gasteiger partial charge in [0, 0.05) is 12.1 Å². The molecule has 0 saturated carbocycles. The van der Waals surface area contributed by atoms with Gasteiger partial charge in [-0.1, -0.05) is 6.07 Å². The third-order valence-corrected chi connectivity index (χ3v) is 3.02. The SMILES string of the molecule is Oc1cc(C(F)F)ccc1NCC1CCNC1. The number of anilines is 1. The molecule has 1 aromatic carbocycles. The highest BCUT2D eigenvalue weighted by Crippen LogP contribution is 2.29. The number of benzene rings is 1. The largest absolute Gasteiger partial charge is 0.506 e. The fourth-order valence-electron chi connectivity index (χ4n) is 1.98. The zero-order valence-electron chi connectivity index (χ0n) is 9.42. The van der Waals surface area contributed by atoms with Crippen LogP contribution in [0.4, 0.5) is 14.5 Å². The van der Waals surface area contributed by atoms with Crippen molar-refractivity contribution in [3.05, 3.63) is 23.8 Å². The average molecular weight is 242 g/mol. The topological polar surface area (TPSA) is 44.3 Å². The van der Waals surface area contributed by atoms with Crippen molar-refractivity contribution in [1.82, 2.24) is 5.32 Å². The van der Waals surface area contributed by atoms with Crippen molar-refractivity contribution < 1.29 is 13.9 Å². The predicted octanol–water partition coefficient (Wildman–Crippen LogP) is 2.35. The van der Waals surface area contributed by atoms with Gasteiger partial charge in [0.05, 0.1) is 5.69 Å². The van der Waals surface area contributed by atoms with Gasteiger partial charge < -0.3 is 15.7 Å². The number of alkyl halides is 2. The van der Waals surface area contributed by atoms with Crippen molar-refractivity contribution >= 4 is 5.69 Å². The predicted molar refractivity (Wildman–Crippen MR) is 62.5 cm³/mol. The fourth-order valence-corrected chi connectivity index (χ4v) is 1.98. The van der Waals surface area contributed by atoms with Crippen LogP contribution in [0, 0.1) is 5.92 Å².